The molecule has 6 heteroatoms. The van der Waals surface area contributed by atoms with Gasteiger partial charge in [0.2, 0.25) is 0 Å². The van der Waals surface area contributed by atoms with Gasteiger partial charge in [0, 0.05) is 17.8 Å². The molecule has 0 fully saturated rings. The fraction of sp³-hybridized carbons (Fsp3) is 0.500. The molecular formula is C14H20N2O4. The molecule has 1 aromatic rings. The first-order chi connectivity index (χ1) is 9.31. The number of nitrogens with one attached hydrogen (secondary N) is 1. The number of hydrogen-bond donors (Lipinski definition) is 2. The van der Waals surface area contributed by atoms with Crippen LogP contribution < -0.4 is 5.32 Å². The van der Waals surface area contributed by atoms with Gasteiger partial charge in [-0.2, -0.15) is 0 Å². The molecule has 1 aromatic carbocycles. The number of anilines is 1. The quantitative estimate of drug-likeness (QED) is 0.588. The second kappa shape index (κ2) is 6.88. The van der Waals surface area contributed by atoms with Gasteiger partial charge in [0.15, 0.2) is 0 Å². The Morgan fingerprint density at radius 1 is 1.35 bits per heavy atom. The first-order valence-corrected chi connectivity index (χ1v) is 6.59. The van der Waals surface area contributed by atoms with Crippen LogP contribution in [-0.4, -0.2) is 22.0 Å². The summed E-state index contributed by atoms with van der Waals surface area (Å²) in [5.74, 6) is -0.695. The Kier molecular flexibility index (Phi) is 5.49. The van der Waals surface area contributed by atoms with Crippen molar-refractivity contribution in [3.63, 3.8) is 0 Å². The van der Waals surface area contributed by atoms with Gasteiger partial charge in [-0.15, -0.1) is 0 Å². The molecule has 0 aliphatic rings. The van der Waals surface area contributed by atoms with Crippen molar-refractivity contribution in [2.75, 3.05) is 5.32 Å². The van der Waals surface area contributed by atoms with Crippen LogP contribution in [-0.2, 0) is 0 Å². The number of rotatable bonds is 7. The number of nitro groups is 1. The summed E-state index contributed by atoms with van der Waals surface area (Å²) in [5, 5.41) is 23.0. The number of carboxylic acids is 1. The van der Waals surface area contributed by atoms with Crippen LogP contribution in [0.2, 0.25) is 0 Å². The SMILES string of the molecule is CC(C)CCC(C)Nc1ccc(C(=O)O)c([N+](=O)[O-])c1. The molecule has 1 rings (SSSR count). The van der Waals surface area contributed by atoms with Crippen molar-refractivity contribution in [2.45, 2.75) is 39.7 Å². The van der Waals surface area contributed by atoms with Crippen molar-refractivity contribution in [2.24, 2.45) is 5.92 Å². The zero-order chi connectivity index (χ0) is 15.3. The van der Waals surface area contributed by atoms with Crippen LogP contribution in [0.5, 0.6) is 0 Å². The van der Waals surface area contributed by atoms with Gasteiger partial charge in [-0.3, -0.25) is 10.1 Å². The number of benzene rings is 1. The summed E-state index contributed by atoms with van der Waals surface area (Å²) in [4.78, 5) is 21.1. The fourth-order valence-corrected chi connectivity index (χ4v) is 1.89. The summed E-state index contributed by atoms with van der Waals surface area (Å²) in [5.41, 5.74) is -0.119. The lowest BCUT2D eigenvalue weighted by Crippen LogP contribution is -2.16. The van der Waals surface area contributed by atoms with E-state index in [2.05, 4.69) is 19.2 Å². The molecule has 6 nitrogen and oxygen atoms in total. The van der Waals surface area contributed by atoms with Crippen molar-refractivity contribution in [3.05, 3.63) is 33.9 Å². The first kappa shape index (κ1) is 15.9. The van der Waals surface area contributed by atoms with Gasteiger partial charge in [-0.05, 0) is 37.8 Å². The van der Waals surface area contributed by atoms with Gasteiger partial charge in [0.25, 0.3) is 5.69 Å². The highest BCUT2D eigenvalue weighted by atomic mass is 16.6. The van der Waals surface area contributed by atoms with Crippen LogP contribution in [0.4, 0.5) is 11.4 Å². The van der Waals surface area contributed by atoms with Gasteiger partial charge in [0.1, 0.15) is 5.56 Å². The monoisotopic (exact) mass is 280 g/mol. The van der Waals surface area contributed by atoms with E-state index in [1.54, 1.807) is 6.07 Å². The van der Waals surface area contributed by atoms with E-state index in [0.717, 1.165) is 12.8 Å². The molecule has 20 heavy (non-hydrogen) atoms. The molecule has 0 heterocycles. The van der Waals surface area contributed by atoms with Crippen molar-refractivity contribution >= 4 is 17.3 Å². The van der Waals surface area contributed by atoms with Crippen molar-refractivity contribution in [3.8, 4) is 0 Å². The maximum Gasteiger partial charge on any atom is 0.342 e. The van der Waals surface area contributed by atoms with E-state index in [1.165, 1.54) is 12.1 Å². The normalized spacial score (nSPS) is 12.2. The third-order valence-electron chi connectivity index (χ3n) is 3.01. The summed E-state index contributed by atoms with van der Waals surface area (Å²) >= 11 is 0. The molecule has 0 saturated carbocycles. The largest absolute Gasteiger partial charge is 0.477 e. The van der Waals surface area contributed by atoms with Crippen LogP contribution in [0.1, 0.15) is 44.0 Å². The minimum Gasteiger partial charge on any atom is -0.477 e. The molecule has 0 spiro atoms. The van der Waals surface area contributed by atoms with E-state index >= 15 is 0 Å². The lowest BCUT2D eigenvalue weighted by Gasteiger charge is -2.16. The second-order valence-electron chi connectivity index (χ2n) is 5.31. The summed E-state index contributed by atoms with van der Waals surface area (Å²) in [6.45, 7) is 6.28. The molecular weight excluding hydrogens is 260 g/mol. The zero-order valence-corrected chi connectivity index (χ0v) is 11.9. The predicted octanol–water partition coefficient (Wildman–Crippen LogP) is 3.53. The molecule has 1 unspecified atom stereocenters. The summed E-state index contributed by atoms with van der Waals surface area (Å²) < 4.78 is 0. The molecule has 0 bridgehead atoms. The number of nitro benzene ring substituents is 1. The van der Waals surface area contributed by atoms with Gasteiger partial charge in [-0.25, -0.2) is 4.79 Å². The maximum atomic E-state index is 10.9. The van der Waals surface area contributed by atoms with Crippen molar-refractivity contribution in [1.82, 2.24) is 0 Å². The fourth-order valence-electron chi connectivity index (χ4n) is 1.89. The summed E-state index contributed by atoms with van der Waals surface area (Å²) in [6, 6.07) is 4.27. The maximum absolute atomic E-state index is 10.9. The minimum atomic E-state index is -1.30. The smallest absolute Gasteiger partial charge is 0.342 e. The summed E-state index contributed by atoms with van der Waals surface area (Å²) in [6.07, 6.45) is 2.01. The van der Waals surface area contributed by atoms with Gasteiger partial charge < -0.3 is 10.4 Å². The molecule has 0 saturated heterocycles. The lowest BCUT2D eigenvalue weighted by atomic mass is 10.0. The molecule has 2 N–H and O–H groups in total. The average Bonchev–Trinajstić information content (AvgIpc) is 2.35. The molecule has 0 amide bonds. The van der Waals surface area contributed by atoms with E-state index in [4.69, 9.17) is 5.11 Å². The number of hydrogen-bond acceptors (Lipinski definition) is 4. The molecule has 0 aliphatic carbocycles. The first-order valence-electron chi connectivity index (χ1n) is 6.59. The second-order valence-corrected chi connectivity index (χ2v) is 5.31. The number of aromatic carboxylic acids is 1. The standard InChI is InChI=1S/C14H20N2O4/c1-9(2)4-5-10(3)15-11-6-7-12(14(17)18)13(8-11)16(19)20/h6-10,15H,4-5H2,1-3H3,(H,17,18). The number of carbonyl (C=O) groups is 1. The third kappa shape index (κ3) is 4.53. The van der Waals surface area contributed by atoms with Crippen molar-refractivity contribution in [1.29, 1.82) is 0 Å². The lowest BCUT2D eigenvalue weighted by molar-refractivity contribution is -0.385. The molecule has 0 aromatic heterocycles. The Hall–Kier alpha value is -2.11. The highest BCUT2D eigenvalue weighted by Gasteiger charge is 2.20. The minimum absolute atomic E-state index is 0.174. The third-order valence-corrected chi connectivity index (χ3v) is 3.01. The Morgan fingerprint density at radius 3 is 2.50 bits per heavy atom. The van der Waals surface area contributed by atoms with Gasteiger partial charge in [-0.1, -0.05) is 13.8 Å². The highest BCUT2D eigenvalue weighted by molar-refractivity contribution is 5.93. The number of nitrogens with zero attached hydrogens (tertiary/aromatic N) is 1. The van der Waals surface area contributed by atoms with E-state index in [1.807, 2.05) is 6.92 Å². The van der Waals surface area contributed by atoms with Gasteiger partial charge >= 0.3 is 5.97 Å². The molecule has 1 atom stereocenters. The van der Waals surface area contributed by atoms with Crippen molar-refractivity contribution < 1.29 is 14.8 Å². The van der Waals surface area contributed by atoms with E-state index < -0.39 is 16.6 Å². The zero-order valence-electron chi connectivity index (χ0n) is 11.9. The highest BCUT2D eigenvalue weighted by Crippen LogP contribution is 2.24. The topological polar surface area (TPSA) is 92.5 Å². The number of carboxylic acid groups (broad SMARTS) is 1. The van der Waals surface area contributed by atoms with Crippen LogP contribution in [0.3, 0.4) is 0 Å². The van der Waals surface area contributed by atoms with Crippen LogP contribution in [0, 0.1) is 16.0 Å². The Morgan fingerprint density at radius 2 is 2.00 bits per heavy atom. The van der Waals surface area contributed by atoms with Crippen LogP contribution >= 0.6 is 0 Å². The molecule has 110 valence electrons. The van der Waals surface area contributed by atoms with Gasteiger partial charge in [0.05, 0.1) is 4.92 Å². The Bertz CT molecular complexity index is 500. The summed E-state index contributed by atoms with van der Waals surface area (Å²) in [7, 11) is 0. The Labute approximate surface area is 118 Å². The van der Waals surface area contributed by atoms with Crippen LogP contribution in [0.15, 0.2) is 18.2 Å². The van der Waals surface area contributed by atoms with E-state index in [9.17, 15) is 14.9 Å². The Balaban J connectivity index is 2.84. The van der Waals surface area contributed by atoms with Crippen LogP contribution in [0.25, 0.3) is 0 Å². The van der Waals surface area contributed by atoms with E-state index in [-0.39, 0.29) is 11.6 Å². The predicted molar refractivity (Wildman–Crippen MR) is 77.2 cm³/mol. The molecule has 0 aliphatic heterocycles. The van der Waals surface area contributed by atoms with E-state index in [0.29, 0.717) is 11.6 Å². The average molecular weight is 280 g/mol. The molecule has 0 radical (unpaired) electrons.